The number of carbonyl (C=O) groups is 1. The molecule has 2 saturated heterocycles. The zero-order chi connectivity index (χ0) is 23.2. The lowest BCUT2D eigenvalue weighted by atomic mass is 10.3. The molecule has 0 radical (unpaired) electrons. The molecular weight excluding hydrogens is 433 g/mol. The number of nitrogens with one attached hydrogen (secondary N) is 1. The van der Waals surface area contributed by atoms with E-state index in [4.69, 9.17) is 4.74 Å². The summed E-state index contributed by atoms with van der Waals surface area (Å²) in [5.41, 5.74) is -0.383. The highest BCUT2D eigenvalue weighted by Gasteiger charge is 2.22. The van der Waals surface area contributed by atoms with E-state index in [2.05, 4.69) is 25.1 Å². The minimum absolute atomic E-state index is 0.000199. The fourth-order valence-electron chi connectivity index (χ4n) is 3.91. The number of benzene rings is 1. The number of hydrogen-bond donors (Lipinski definition) is 1. The molecular formula is C21H26FN7O4. The predicted molar refractivity (Wildman–Crippen MR) is 118 cm³/mol. The Morgan fingerprint density at radius 1 is 1.06 bits per heavy atom. The molecule has 0 spiro atoms. The summed E-state index contributed by atoms with van der Waals surface area (Å²) < 4.78 is 19.4. The molecule has 2 aliphatic heterocycles. The van der Waals surface area contributed by atoms with E-state index in [1.54, 1.807) is 4.90 Å². The molecule has 0 saturated carbocycles. The van der Waals surface area contributed by atoms with E-state index in [9.17, 15) is 19.3 Å². The highest BCUT2D eigenvalue weighted by molar-refractivity contribution is 5.88. The molecule has 12 heteroatoms. The van der Waals surface area contributed by atoms with Crippen LogP contribution in [-0.2, 0) is 0 Å². The van der Waals surface area contributed by atoms with E-state index >= 15 is 0 Å². The third-order valence-electron chi connectivity index (χ3n) is 5.81. The van der Waals surface area contributed by atoms with Gasteiger partial charge < -0.3 is 14.5 Å². The van der Waals surface area contributed by atoms with Gasteiger partial charge in [-0.3, -0.25) is 20.3 Å². The topological polar surface area (TPSA) is 117 Å². The van der Waals surface area contributed by atoms with Gasteiger partial charge in [-0.15, -0.1) is 0 Å². The van der Waals surface area contributed by atoms with Gasteiger partial charge in [0.25, 0.3) is 5.69 Å². The number of nitro benzene ring substituents is 1. The zero-order valence-electron chi connectivity index (χ0n) is 18.2. The molecule has 2 fully saturated rings. The summed E-state index contributed by atoms with van der Waals surface area (Å²) in [5.74, 6) is -0.902. The van der Waals surface area contributed by atoms with Crippen molar-refractivity contribution in [3.8, 4) is 11.6 Å². The summed E-state index contributed by atoms with van der Waals surface area (Å²) in [6.07, 6.45) is 3.75. The molecule has 4 rings (SSSR count). The molecule has 0 atom stereocenters. The number of piperazine rings is 1. The van der Waals surface area contributed by atoms with Crippen LogP contribution in [0.25, 0.3) is 0 Å². The fourth-order valence-corrected chi connectivity index (χ4v) is 3.91. The Balaban J connectivity index is 1.27. The average Bonchev–Trinajstić information content (AvgIpc) is 3.33. The van der Waals surface area contributed by atoms with Crippen LogP contribution in [-0.4, -0.2) is 88.0 Å². The van der Waals surface area contributed by atoms with Crippen molar-refractivity contribution in [2.75, 3.05) is 57.7 Å². The van der Waals surface area contributed by atoms with Gasteiger partial charge in [0.05, 0.1) is 11.0 Å². The van der Waals surface area contributed by atoms with Gasteiger partial charge in [0.1, 0.15) is 12.1 Å². The molecule has 2 aromatic rings. The molecule has 33 heavy (non-hydrogen) atoms. The van der Waals surface area contributed by atoms with Gasteiger partial charge in [-0.1, -0.05) is 0 Å². The Morgan fingerprint density at radius 3 is 2.42 bits per heavy atom. The summed E-state index contributed by atoms with van der Waals surface area (Å²) in [5, 5.41) is 13.4. The maximum Gasteiger partial charge on any atom is 0.323 e. The number of urea groups is 1. The molecule has 0 aliphatic carbocycles. The summed E-state index contributed by atoms with van der Waals surface area (Å²) >= 11 is 0. The maximum atomic E-state index is 14.1. The van der Waals surface area contributed by atoms with Crippen LogP contribution in [0.3, 0.4) is 0 Å². The van der Waals surface area contributed by atoms with Crippen molar-refractivity contribution in [2.45, 2.75) is 12.8 Å². The quantitative estimate of drug-likeness (QED) is 0.496. The Morgan fingerprint density at radius 2 is 1.76 bits per heavy atom. The molecule has 2 aliphatic rings. The van der Waals surface area contributed by atoms with Crippen molar-refractivity contribution in [3.05, 3.63) is 46.5 Å². The number of nitrogens with zero attached hydrogens (tertiary/aromatic N) is 6. The fraction of sp³-hybridized carbons (Fsp3) is 0.476. The second-order valence-corrected chi connectivity index (χ2v) is 8.02. The van der Waals surface area contributed by atoms with Crippen molar-refractivity contribution in [3.63, 3.8) is 0 Å². The number of nitro groups is 1. The lowest BCUT2D eigenvalue weighted by Gasteiger charge is -2.35. The zero-order valence-corrected chi connectivity index (χ0v) is 18.2. The highest BCUT2D eigenvalue weighted by Crippen LogP contribution is 2.27. The number of anilines is 1. The minimum Gasteiger partial charge on any atom is -0.436 e. The van der Waals surface area contributed by atoms with Crippen LogP contribution in [0.1, 0.15) is 12.8 Å². The van der Waals surface area contributed by atoms with Crippen LogP contribution < -0.4 is 10.1 Å². The third-order valence-corrected chi connectivity index (χ3v) is 5.81. The third kappa shape index (κ3) is 6.11. The smallest absolute Gasteiger partial charge is 0.323 e. The number of hydrogen-bond acceptors (Lipinski definition) is 8. The van der Waals surface area contributed by atoms with E-state index < -0.39 is 10.7 Å². The van der Waals surface area contributed by atoms with E-state index in [-0.39, 0.29) is 29.2 Å². The second kappa shape index (κ2) is 10.5. The van der Waals surface area contributed by atoms with Crippen molar-refractivity contribution in [2.24, 2.45) is 0 Å². The van der Waals surface area contributed by atoms with Gasteiger partial charge in [-0.05, 0) is 32.0 Å². The first-order valence-corrected chi connectivity index (χ1v) is 10.9. The summed E-state index contributed by atoms with van der Waals surface area (Å²) in [6, 6.07) is 4.14. The van der Waals surface area contributed by atoms with Gasteiger partial charge >= 0.3 is 6.03 Å². The first-order valence-electron chi connectivity index (χ1n) is 10.9. The van der Waals surface area contributed by atoms with Gasteiger partial charge in [0, 0.05) is 51.4 Å². The highest BCUT2D eigenvalue weighted by atomic mass is 19.1. The summed E-state index contributed by atoms with van der Waals surface area (Å²) in [4.78, 5) is 37.2. The molecule has 2 amide bonds. The number of likely N-dealkylation sites (tertiary alicyclic amines) is 1. The molecule has 1 aromatic heterocycles. The monoisotopic (exact) mass is 459 g/mol. The van der Waals surface area contributed by atoms with Crippen LogP contribution >= 0.6 is 0 Å². The number of non-ortho nitro benzene ring substituents is 1. The Kier molecular flexibility index (Phi) is 7.25. The van der Waals surface area contributed by atoms with Crippen molar-refractivity contribution >= 4 is 17.5 Å². The summed E-state index contributed by atoms with van der Waals surface area (Å²) in [7, 11) is 0. The number of halogens is 1. The first kappa shape index (κ1) is 22.8. The predicted octanol–water partition coefficient (Wildman–Crippen LogP) is 2.56. The van der Waals surface area contributed by atoms with Gasteiger partial charge in [0.2, 0.25) is 5.88 Å². The lowest BCUT2D eigenvalue weighted by molar-refractivity contribution is -0.385. The largest absolute Gasteiger partial charge is 0.436 e. The Hall–Kier alpha value is -3.38. The number of ether oxygens (including phenoxy) is 1. The number of carbonyl (C=O) groups excluding carboxylic acids is 1. The second-order valence-electron chi connectivity index (χ2n) is 8.02. The maximum absolute atomic E-state index is 14.1. The van der Waals surface area contributed by atoms with Gasteiger partial charge in [-0.2, -0.15) is 0 Å². The SMILES string of the molecule is O=C(Nc1cc(Oc2ccc([N+](=O)[O-])cc2F)ncn1)N1CCN(CCN2CCCC2)CC1. The van der Waals surface area contributed by atoms with Crippen LogP contribution in [0.5, 0.6) is 11.6 Å². The Labute approximate surface area is 190 Å². The lowest BCUT2D eigenvalue weighted by Crippen LogP contribution is -2.51. The van der Waals surface area contributed by atoms with Gasteiger partial charge in [-0.25, -0.2) is 19.2 Å². The van der Waals surface area contributed by atoms with Crippen molar-refractivity contribution in [1.29, 1.82) is 0 Å². The summed E-state index contributed by atoms with van der Waals surface area (Å²) in [6.45, 7) is 7.33. The first-order chi connectivity index (χ1) is 16.0. The van der Waals surface area contributed by atoms with Crippen LogP contribution in [0.4, 0.5) is 20.7 Å². The minimum atomic E-state index is -0.893. The normalized spacial score (nSPS) is 17.2. The van der Waals surface area contributed by atoms with E-state index in [1.807, 2.05) is 0 Å². The number of aromatic nitrogens is 2. The van der Waals surface area contributed by atoms with E-state index in [0.29, 0.717) is 13.1 Å². The van der Waals surface area contributed by atoms with Crippen LogP contribution in [0, 0.1) is 15.9 Å². The van der Waals surface area contributed by atoms with Crippen molar-refractivity contribution < 1.29 is 18.8 Å². The molecule has 0 unspecified atom stereocenters. The van der Waals surface area contributed by atoms with Crippen LogP contribution in [0.15, 0.2) is 30.6 Å². The molecule has 11 nitrogen and oxygen atoms in total. The van der Waals surface area contributed by atoms with Crippen LogP contribution in [0.2, 0.25) is 0 Å². The standard InChI is InChI=1S/C21H26FN7O4/c22-17-13-16(29(31)32)3-4-18(17)33-20-14-19(23-15-24-20)25-21(30)28-11-9-27(10-12-28)8-7-26-5-1-2-6-26/h3-4,13-15H,1-2,5-12H2,(H,23,24,25,30). The van der Waals surface area contributed by atoms with Gasteiger partial charge in [0.15, 0.2) is 11.6 Å². The molecule has 1 N–H and O–H groups in total. The average molecular weight is 459 g/mol. The molecule has 0 bridgehead atoms. The molecule has 3 heterocycles. The van der Waals surface area contributed by atoms with E-state index in [1.165, 1.54) is 38.3 Å². The molecule has 176 valence electrons. The van der Waals surface area contributed by atoms with Crippen molar-refractivity contribution in [1.82, 2.24) is 24.7 Å². The number of rotatable bonds is 7. The van der Waals surface area contributed by atoms with E-state index in [0.717, 1.165) is 44.4 Å². The molecule has 1 aromatic carbocycles. The number of amides is 2. The Bertz CT molecular complexity index is 994.